The Kier molecular flexibility index (Phi) is 5.49. The van der Waals surface area contributed by atoms with Gasteiger partial charge in [-0.3, -0.25) is 0 Å². The first-order valence-corrected chi connectivity index (χ1v) is 7.91. The van der Waals surface area contributed by atoms with Gasteiger partial charge in [0.05, 0.1) is 11.2 Å². The molecular formula is C14H16FNO4S. The van der Waals surface area contributed by atoms with Gasteiger partial charge in [0.15, 0.2) is 0 Å². The second kappa shape index (κ2) is 7.35. The van der Waals surface area contributed by atoms with Crippen molar-refractivity contribution in [2.24, 2.45) is 0 Å². The van der Waals surface area contributed by atoms with Crippen molar-refractivity contribution in [2.75, 3.05) is 13.2 Å². The van der Waals surface area contributed by atoms with E-state index in [1.54, 1.807) is 18.4 Å². The molecule has 0 radical (unpaired) electrons. The van der Waals surface area contributed by atoms with Crippen molar-refractivity contribution in [3.63, 3.8) is 0 Å². The van der Waals surface area contributed by atoms with Crippen LogP contribution in [0.25, 0.3) is 0 Å². The van der Waals surface area contributed by atoms with E-state index in [-0.39, 0.29) is 11.4 Å². The van der Waals surface area contributed by atoms with Crippen molar-refractivity contribution in [1.82, 2.24) is 4.72 Å². The number of ether oxygens (including phenoxy) is 1. The Morgan fingerprint density at radius 1 is 1.19 bits per heavy atom. The van der Waals surface area contributed by atoms with Gasteiger partial charge in [-0.15, -0.1) is 0 Å². The predicted octanol–water partition coefficient (Wildman–Crippen LogP) is 2.30. The zero-order valence-electron chi connectivity index (χ0n) is 11.3. The van der Waals surface area contributed by atoms with Gasteiger partial charge in [-0.25, -0.2) is 17.5 Å². The second-order valence-corrected chi connectivity index (χ2v) is 6.10. The molecule has 0 aliphatic heterocycles. The molecule has 0 aliphatic rings. The van der Waals surface area contributed by atoms with E-state index < -0.39 is 15.8 Å². The maximum absolute atomic E-state index is 12.7. The molecule has 0 unspecified atom stereocenters. The highest BCUT2D eigenvalue weighted by Gasteiger charge is 2.12. The minimum Gasteiger partial charge on any atom is -0.467 e. The van der Waals surface area contributed by atoms with Gasteiger partial charge >= 0.3 is 0 Å². The van der Waals surface area contributed by atoms with Crippen LogP contribution in [-0.2, 0) is 21.4 Å². The first-order valence-electron chi connectivity index (χ1n) is 6.43. The summed E-state index contributed by atoms with van der Waals surface area (Å²) in [5.41, 5.74) is 0. The lowest BCUT2D eigenvalue weighted by atomic mass is 10.4. The van der Waals surface area contributed by atoms with Crippen LogP contribution in [0.3, 0.4) is 0 Å². The molecule has 7 heteroatoms. The Hall–Kier alpha value is -1.70. The first kappa shape index (κ1) is 15.7. The van der Waals surface area contributed by atoms with Crippen molar-refractivity contribution >= 4 is 10.0 Å². The molecule has 0 amide bonds. The SMILES string of the molecule is O=S(=O)(NCCCOCc1ccco1)c1ccc(F)cc1. The summed E-state index contributed by atoms with van der Waals surface area (Å²) in [5, 5.41) is 0. The summed E-state index contributed by atoms with van der Waals surface area (Å²) in [6.07, 6.45) is 2.09. The normalized spacial score (nSPS) is 11.7. The third-order valence-corrected chi connectivity index (χ3v) is 4.18. The fourth-order valence-electron chi connectivity index (χ4n) is 1.65. The largest absolute Gasteiger partial charge is 0.467 e. The summed E-state index contributed by atoms with van der Waals surface area (Å²) < 4.78 is 49.4. The third-order valence-electron chi connectivity index (χ3n) is 2.71. The fraction of sp³-hybridized carbons (Fsp3) is 0.286. The van der Waals surface area contributed by atoms with Crippen LogP contribution in [0.5, 0.6) is 0 Å². The number of hydrogen-bond acceptors (Lipinski definition) is 4. The molecular weight excluding hydrogens is 297 g/mol. The van der Waals surface area contributed by atoms with E-state index in [4.69, 9.17) is 9.15 Å². The molecule has 1 aromatic carbocycles. The maximum atomic E-state index is 12.7. The average Bonchev–Trinajstić information content (AvgIpc) is 2.96. The van der Waals surface area contributed by atoms with Crippen molar-refractivity contribution in [2.45, 2.75) is 17.9 Å². The van der Waals surface area contributed by atoms with Gasteiger partial charge in [-0.2, -0.15) is 0 Å². The minimum absolute atomic E-state index is 0.0420. The summed E-state index contributed by atoms with van der Waals surface area (Å²) in [6, 6.07) is 8.25. The minimum atomic E-state index is -3.60. The van der Waals surface area contributed by atoms with Gasteiger partial charge < -0.3 is 9.15 Å². The summed E-state index contributed by atoms with van der Waals surface area (Å²) in [5.74, 6) is 0.252. The van der Waals surface area contributed by atoms with Crippen molar-refractivity contribution in [3.05, 3.63) is 54.2 Å². The molecule has 0 saturated heterocycles. The van der Waals surface area contributed by atoms with Crippen LogP contribution >= 0.6 is 0 Å². The van der Waals surface area contributed by atoms with Gasteiger partial charge in [0.25, 0.3) is 0 Å². The molecule has 0 atom stereocenters. The molecule has 0 aliphatic carbocycles. The molecule has 1 N–H and O–H groups in total. The van der Waals surface area contributed by atoms with Gasteiger partial charge in [-0.1, -0.05) is 0 Å². The Labute approximate surface area is 122 Å². The Bertz CT molecular complexity index is 638. The second-order valence-electron chi connectivity index (χ2n) is 4.34. The Morgan fingerprint density at radius 3 is 2.62 bits per heavy atom. The summed E-state index contributed by atoms with van der Waals surface area (Å²) in [7, 11) is -3.60. The first-order chi connectivity index (χ1) is 10.1. The third kappa shape index (κ3) is 4.96. The highest BCUT2D eigenvalue weighted by molar-refractivity contribution is 7.89. The van der Waals surface area contributed by atoms with Gasteiger partial charge in [0.1, 0.15) is 18.2 Å². The monoisotopic (exact) mass is 313 g/mol. The molecule has 0 spiro atoms. The van der Waals surface area contributed by atoms with E-state index in [1.165, 1.54) is 12.1 Å². The molecule has 0 fully saturated rings. The highest BCUT2D eigenvalue weighted by Crippen LogP contribution is 2.09. The number of hydrogen-bond donors (Lipinski definition) is 1. The molecule has 21 heavy (non-hydrogen) atoms. The Balaban J connectivity index is 1.69. The van der Waals surface area contributed by atoms with Crippen LogP contribution < -0.4 is 4.72 Å². The van der Waals surface area contributed by atoms with E-state index in [9.17, 15) is 12.8 Å². The predicted molar refractivity (Wildman–Crippen MR) is 74.6 cm³/mol. The number of halogens is 1. The molecule has 1 aromatic heterocycles. The number of furan rings is 1. The standard InChI is InChI=1S/C14H16FNO4S/c15-12-4-6-14(7-5-12)21(17,18)16-8-2-9-19-11-13-3-1-10-20-13/h1,3-7,10,16H,2,8-9,11H2. The molecule has 2 rings (SSSR count). The lowest BCUT2D eigenvalue weighted by Crippen LogP contribution is -2.25. The summed E-state index contributed by atoms with van der Waals surface area (Å²) in [6.45, 7) is 1.02. The highest BCUT2D eigenvalue weighted by atomic mass is 32.2. The average molecular weight is 313 g/mol. The van der Waals surface area contributed by atoms with Gasteiger partial charge in [0.2, 0.25) is 10.0 Å². The van der Waals surface area contributed by atoms with Crippen LogP contribution in [0.15, 0.2) is 52.0 Å². The lowest BCUT2D eigenvalue weighted by molar-refractivity contribution is 0.105. The summed E-state index contributed by atoms with van der Waals surface area (Å²) >= 11 is 0. The number of sulfonamides is 1. The van der Waals surface area contributed by atoms with E-state index in [1.807, 2.05) is 0 Å². The number of nitrogens with one attached hydrogen (secondary N) is 1. The van der Waals surface area contributed by atoms with E-state index >= 15 is 0 Å². The number of benzene rings is 1. The van der Waals surface area contributed by atoms with Crippen molar-refractivity contribution in [3.8, 4) is 0 Å². The summed E-state index contributed by atoms with van der Waals surface area (Å²) in [4.78, 5) is 0.0420. The molecule has 2 aromatic rings. The molecule has 1 heterocycles. The van der Waals surface area contributed by atoms with Gasteiger partial charge in [-0.05, 0) is 42.8 Å². The molecule has 5 nitrogen and oxygen atoms in total. The Morgan fingerprint density at radius 2 is 1.95 bits per heavy atom. The van der Waals surface area contributed by atoms with Crippen LogP contribution in [0.4, 0.5) is 4.39 Å². The van der Waals surface area contributed by atoms with Crippen molar-refractivity contribution < 1.29 is 22.0 Å². The maximum Gasteiger partial charge on any atom is 0.240 e. The topological polar surface area (TPSA) is 68.5 Å². The zero-order valence-corrected chi connectivity index (χ0v) is 12.1. The van der Waals surface area contributed by atoms with E-state index in [2.05, 4.69) is 4.72 Å². The van der Waals surface area contributed by atoms with E-state index in [0.717, 1.165) is 17.9 Å². The fourth-order valence-corrected chi connectivity index (χ4v) is 2.72. The molecule has 0 saturated carbocycles. The smallest absolute Gasteiger partial charge is 0.240 e. The van der Waals surface area contributed by atoms with Crippen LogP contribution in [0.2, 0.25) is 0 Å². The quantitative estimate of drug-likeness (QED) is 0.759. The van der Waals surface area contributed by atoms with Crippen LogP contribution in [-0.4, -0.2) is 21.6 Å². The van der Waals surface area contributed by atoms with Crippen LogP contribution in [0.1, 0.15) is 12.2 Å². The van der Waals surface area contributed by atoms with Gasteiger partial charge in [0, 0.05) is 13.2 Å². The molecule has 0 bridgehead atoms. The lowest BCUT2D eigenvalue weighted by Gasteiger charge is -2.07. The number of rotatable bonds is 8. The molecule has 114 valence electrons. The van der Waals surface area contributed by atoms with E-state index in [0.29, 0.717) is 19.6 Å². The van der Waals surface area contributed by atoms with Crippen molar-refractivity contribution in [1.29, 1.82) is 0 Å². The van der Waals surface area contributed by atoms with Crippen LogP contribution in [0, 0.1) is 5.82 Å². The zero-order chi connectivity index (χ0) is 15.1.